The van der Waals surface area contributed by atoms with Crippen molar-refractivity contribution in [3.8, 4) is 11.5 Å². The number of nitrogens with zero attached hydrogens (tertiary/aromatic N) is 2. The highest BCUT2D eigenvalue weighted by Crippen LogP contribution is 2.42. The van der Waals surface area contributed by atoms with Gasteiger partial charge in [-0.05, 0) is 38.5 Å². The van der Waals surface area contributed by atoms with Crippen LogP contribution in [0.15, 0.2) is 42.1 Å². The zero-order valence-corrected chi connectivity index (χ0v) is 19.8. The number of Topliss-reactive ketones (excluding diaryl/α,β-unsaturated/α-hetero) is 1. The number of amides is 1. The van der Waals surface area contributed by atoms with Gasteiger partial charge in [-0.2, -0.15) is 0 Å². The van der Waals surface area contributed by atoms with Crippen LogP contribution >= 0.6 is 11.6 Å². The SMILES string of the molecule is COc1cc(/C(O)=C2\C(=O)C(=O)N(CCCOC(C)C)C2c2ccccn2)c(OC)cc1Cl. The standard InChI is InChI=1S/C24H27ClN2O6/c1-14(2)33-11-7-10-27-21(17-8-5-6-9-26-17)20(23(29)24(27)30)22(28)15-12-19(32-4)16(25)13-18(15)31-3/h5-6,8-9,12-14,21,28H,7,10-11H2,1-4H3/b22-20+. The first-order chi connectivity index (χ1) is 15.8. The van der Waals surface area contributed by atoms with Gasteiger partial charge in [0.15, 0.2) is 0 Å². The zero-order chi connectivity index (χ0) is 24.1. The summed E-state index contributed by atoms with van der Waals surface area (Å²) in [6, 6.07) is 7.29. The molecule has 1 aromatic carbocycles. The summed E-state index contributed by atoms with van der Waals surface area (Å²) in [4.78, 5) is 31.9. The minimum atomic E-state index is -0.864. The van der Waals surface area contributed by atoms with Crippen molar-refractivity contribution in [1.82, 2.24) is 9.88 Å². The maximum absolute atomic E-state index is 13.1. The normalized spacial score (nSPS) is 17.6. The highest BCUT2D eigenvalue weighted by atomic mass is 35.5. The van der Waals surface area contributed by atoms with Crippen LogP contribution < -0.4 is 9.47 Å². The lowest BCUT2D eigenvalue weighted by atomic mass is 9.97. The number of rotatable bonds is 9. The van der Waals surface area contributed by atoms with Gasteiger partial charge in [-0.1, -0.05) is 17.7 Å². The Morgan fingerprint density at radius 2 is 1.91 bits per heavy atom. The molecule has 0 radical (unpaired) electrons. The summed E-state index contributed by atoms with van der Waals surface area (Å²) < 4.78 is 16.2. The van der Waals surface area contributed by atoms with Crippen LogP contribution in [0.3, 0.4) is 0 Å². The van der Waals surface area contributed by atoms with E-state index in [2.05, 4.69) is 4.98 Å². The highest BCUT2D eigenvalue weighted by Gasteiger charge is 2.46. The lowest BCUT2D eigenvalue weighted by Gasteiger charge is -2.24. The second-order valence-corrected chi connectivity index (χ2v) is 8.11. The predicted molar refractivity (Wildman–Crippen MR) is 124 cm³/mol. The van der Waals surface area contributed by atoms with E-state index in [1.807, 2.05) is 13.8 Å². The van der Waals surface area contributed by atoms with Gasteiger partial charge in [-0.15, -0.1) is 0 Å². The number of methoxy groups -OCH3 is 2. The summed E-state index contributed by atoms with van der Waals surface area (Å²) in [5.41, 5.74) is 0.565. The number of hydrogen-bond acceptors (Lipinski definition) is 7. The Morgan fingerprint density at radius 1 is 1.18 bits per heavy atom. The number of carbonyl (C=O) groups excluding carboxylic acids is 2. The molecule has 1 fully saturated rings. The van der Waals surface area contributed by atoms with Gasteiger partial charge in [-0.3, -0.25) is 14.6 Å². The van der Waals surface area contributed by atoms with Crippen molar-refractivity contribution in [2.45, 2.75) is 32.4 Å². The molecule has 0 saturated carbocycles. The number of aliphatic hydroxyl groups excluding tert-OH is 1. The number of carbonyl (C=O) groups is 2. The van der Waals surface area contributed by atoms with E-state index >= 15 is 0 Å². The van der Waals surface area contributed by atoms with Gasteiger partial charge < -0.3 is 24.2 Å². The zero-order valence-electron chi connectivity index (χ0n) is 19.0. The van der Waals surface area contributed by atoms with E-state index in [4.69, 9.17) is 25.8 Å². The Kier molecular flexibility index (Phi) is 7.94. The van der Waals surface area contributed by atoms with Crippen LogP contribution in [-0.2, 0) is 14.3 Å². The molecule has 1 N–H and O–H groups in total. The Balaban J connectivity index is 2.11. The number of ether oxygens (including phenoxy) is 3. The van der Waals surface area contributed by atoms with Crippen LogP contribution in [0.2, 0.25) is 5.02 Å². The van der Waals surface area contributed by atoms with E-state index in [9.17, 15) is 14.7 Å². The third kappa shape index (κ3) is 5.12. The van der Waals surface area contributed by atoms with Crippen molar-refractivity contribution in [1.29, 1.82) is 0 Å². The first-order valence-corrected chi connectivity index (χ1v) is 10.9. The van der Waals surface area contributed by atoms with Crippen LogP contribution in [0.25, 0.3) is 5.76 Å². The molecule has 1 amide bonds. The molecule has 1 atom stereocenters. The molecule has 0 aliphatic carbocycles. The molecule has 1 aromatic heterocycles. The minimum absolute atomic E-state index is 0.0550. The fourth-order valence-electron chi connectivity index (χ4n) is 3.70. The first-order valence-electron chi connectivity index (χ1n) is 10.5. The first kappa shape index (κ1) is 24.5. The smallest absolute Gasteiger partial charge is 0.295 e. The van der Waals surface area contributed by atoms with Gasteiger partial charge >= 0.3 is 0 Å². The van der Waals surface area contributed by atoms with Gasteiger partial charge in [0, 0.05) is 25.4 Å². The van der Waals surface area contributed by atoms with Crippen molar-refractivity contribution in [2.75, 3.05) is 27.4 Å². The predicted octanol–water partition coefficient (Wildman–Crippen LogP) is 3.99. The number of hydrogen-bond donors (Lipinski definition) is 1. The average Bonchev–Trinajstić information content (AvgIpc) is 3.06. The second-order valence-electron chi connectivity index (χ2n) is 7.71. The highest BCUT2D eigenvalue weighted by molar-refractivity contribution is 6.46. The number of halogens is 1. The molecule has 1 saturated heterocycles. The van der Waals surface area contributed by atoms with Gasteiger partial charge in [0.2, 0.25) is 0 Å². The third-order valence-electron chi connectivity index (χ3n) is 5.23. The molecule has 33 heavy (non-hydrogen) atoms. The molecule has 9 heteroatoms. The Morgan fingerprint density at radius 3 is 2.52 bits per heavy atom. The lowest BCUT2D eigenvalue weighted by Crippen LogP contribution is -2.31. The number of likely N-dealkylation sites (tertiary alicyclic amines) is 1. The second kappa shape index (κ2) is 10.7. The molecular weight excluding hydrogens is 448 g/mol. The van der Waals surface area contributed by atoms with Crippen LogP contribution in [0.5, 0.6) is 11.5 Å². The Hall–Kier alpha value is -3.10. The molecule has 2 heterocycles. The van der Waals surface area contributed by atoms with Gasteiger partial charge in [0.05, 0.1) is 42.2 Å². The largest absolute Gasteiger partial charge is 0.507 e. The van der Waals surface area contributed by atoms with E-state index in [-0.39, 0.29) is 40.3 Å². The van der Waals surface area contributed by atoms with Crippen molar-refractivity contribution in [3.63, 3.8) is 0 Å². The maximum Gasteiger partial charge on any atom is 0.295 e. The summed E-state index contributed by atoms with van der Waals surface area (Å²) in [6.45, 7) is 4.54. The minimum Gasteiger partial charge on any atom is -0.507 e. The molecule has 1 aliphatic rings. The maximum atomic E-state index is 13.1. The number of pyridine rings is 1. The number of aliphatic hydroxyl groups is 1. The molecular formula is C24H27ClN2O6. The fourth-order valence-corrected chi connectivity index (χ4v) is 3.93. The number of benzene rings is 1. The third-order valence-corrected chi connectivity index (χ3v) is 5.53. The Bertz CT molecular complexity index is 1050. The molecule has 3 rings (SSSR count). The molecule has 0 bridgehead atoms. The van der Waals surface area contributed by atoms with Crippen molar-refractivity contribution in [2.24, 2.45) is 0 Å². The summed E-state index contributed by atoms with van der Waals surface area (Å²) in [5.74, 6) is -1.39. The molecule has 176 valence electrons. The average molecular weight is 475 g/mol. The van der Waals surface area contributed by atoms with Gasteiger partial charge in [0.1, 0.15) is 23.3 Å². The summed E-state index contributed by atoms with van der Waals surface area (Å²) >= 11 is 6.18. The van der Waals surface area contributed by atoms with Crippen molar-refractivity contribution in [3.05, 3.63) is 58.4 Å². The molecule has 1 aliphatic heterocycles. The van der Waals surface area contributed by atoms with E-state index in [1.165, 1.54) is 31.3 Å². The van der Waals surface area contributed by atoms with Crippen molar-refractivity contribution < 1.29 is 28.9 Å². The summed E-state index contributed by atoms with van der Waals surface area (Å²) in [5, 5.41) is 11.5. The van der Waals surface area contributed by atoms with Crippen LogP contribution in [-0.4, -0.2) is 60.2 Å². The van der Waals surface area contributed by atoms with E-state index < -0.39 is 23.5 Å². The molecule has 8 nitrogen and oxygen atoms in total. The fraction of sp³-hybridized carbons (Fsp3) is 0.375. The van der Waals surface area contributed by atoms with Crippen LogP contribution in [0.1, 0.15) is 37.6 Å². The molecule has 0 spiro atoms. The quantitative estimate of drug-likeness (QED) is 0.254. The van der Waals surface area contributed by atoms with E-state index in [1.54, 1.807) is 24.4 Å². The molecule has 1 unspecified atom stereocenters. The summed E-state index contributed by atoms with van der Waals surface area (Å²) in [6.07, 6.45) is 2.15. The van der Waals surface area contributed by atoms with E-state index in [0.717, 1.165) is 0 Å². The topological polar surface area (TPSA) is 98.2 Å². The monoisotopic (exact) mass is 474 g/mol. The number of aromatic nitrogens is 1. The number of ketones is 1. The van der Waals surface area contributed by atoms with Crippen molar-refractivity contribution >= 4 is 29.1 Å². The van der Waals surface area contributed by atoms with Crippen LogP contribution in [0.4, 0.5) is 0 Å². The van der Waals surface area contributed by atoms with E-state index in [0.29, 0.717) is 18.7 Å². The van der Waals surface area contributed by atoms with Gasteiger partial charge in [0.25, 0.3) is 11.7 Å². The summed E-state index contributed by atoms with van der Waals surface area (Å²) in [7, 11) is 2.85. The molecule has 2 aromatic rings. The van der Waals surface area contributed by atoms with Crippen LogP contribution in [0, 0.1) is 0 Å². The Labute approximate surface area is 197 Å². The van der Waals surface area contributed by atoms with Gasteiger partial charge in [-0.25, -0.2) is 0 Å². The lowest BCUT2D eigenvalue weighted by molar-refractivity contribution is -0.140.